The summed E-state index contributed by atoms with van der Waals surface area (Å²) in [5, 5.41) is 16.4. The van der Waals surface area contributed by atoms with Gasteiger partial charge in [-0.2, -0.15) is 22.7 Å². The second-order valence-electron chi connectivity index (χ2n) is 8.29. The summed E-state index contributed by atoms with van der Waals surface area (Å²) >= 11 is 0. The van der Waals surface area contributed by atoms with Crippen molar-refractivity contribution >= 4 is 33.1 Å². The first kappa shape index (κ1) is 22.2. The van der Waals surface area contributed by atoms with Gasteiger partial charge in [0.15, 0.2) is 17.0 Å². The zero-order valence-corrected chi connectivity index (χ0v) is 18.9. The first-order chi connectivity index (χ1) is 14.9. The molecule has 12 heteroatoms. The van der Waals surface area contributed by atoms with Crippen molar-refractivity contribution in [1.82, 2.24) is 28.5 Å². The SMILES string of the molecule is CCNS(=O)(=O)N1CC[C@H](Nc2nc(N[C@@H](CO)CC3CC3)nc3c2ncn3CC)C1. The Kier molecular flexibility index (Phi) is 6.60. The van der Waals surface area contributed by atoms with Gasteiger partial charge in [-0.3, -0.25) is 0 Å². The fourth-order valence-corrected chi connectivity index (χ4v) is 5.26. The third kappa shape index (κ3) is 5.08. The molecule has 1 aliphatic carbocycles. The maximum absolute atomic E-state index is 12.3. The van der Waals surface area contributed by atoms with Gasteiger partial charge < -0.3 is 20.3 Å². The maximum atomic E-state index is 12.3. The highest BCUT2D eigenvalue weighted by molar-refractivity contribution is 7.87. The molecule has 172 valence electrons. The van der Waals surface area contributed by atoms with Crippen LogP contribution in [0.5, 0.6) is 0 Å². The van der Waals surface area contributed by atoms with Crippen molar-refractivity contribution in [2.75, 3.05) is 36.9 Å². The summed E-state index contributed by atoms with van der Waals surface area (Å²) in [6.07, 6.45) is 5.73. The minimum absolute atomic E-state index is 0.0214. The van der Waals surface area contributed by atoms with E-state index in [4.69, 9.17) is 0 Å². The van der Waals surface area contributed by atoms with Gasteiger partial charge in [0.1, 0.15) is 0 Å². The van der Waals surface area contributed by atoms with Gasteiger partial charge in [0.2, 0.25) is 5.95 Å². The molecule has 0 spiro atoms. The molecule has 31 heavy (non-hydrogen) atoms. The van der Waals surface area contributed by atoms with E-state index in [0.29, 0.717) is 54.9 Å². The summed E-state index contributed by atoms with van der Waals surface area (Å²) in [7, 11) is -3.46. The molecule has 2 aromatic rings. The van der Waals surface area contributed by atoms with Crippen LogP contribution in [0.4, 0.5) is 11.8 Å². The summed E-state index contributed by atoms with van der Waals surface area (Å²) in [6, 6.07) is -0.172. The van der Waals surface area contributed by atoms with E-state index in [1.54, 1.807) is 13.3 Å². The minimum Gasteiger partial charge on any atom is -0.394 e. The molecule has 4 N–H and O–H groups in total. The van der Waals surface area contributed by atoms with Gasteiger partial charge in [0.25, 0.3) is 10.2 Å². The zero-order chi connectivity index (χ0) is 22.0. The van der Waals surface area contributed by atoms with Crippen molar-refractivity contribution in [2.45, 2.75) is 58.2 Å². The number of rotatable bonds is 11. The number of nitrogens with one attached hydrogen (secondary N) is 3. The molecule has 0 amide bonds. The Morgan fingerprint density at radius 3 is 2.74 bits per heavy atom. The fraction of sp³-hybridized carbons (Fsp3) is 0.737. The topological polar surface area (TPSA) is 137 Å². The Morgan fingerprint density at radius 1 is 1.26 bits per heavy atom. The van der Waals surface area contributed by atoms with Crippen molar-refractivity contribution in [3.05, 3.63) is 6.33 Å². The van der Waals surface area contributed by atoms with Crippen LogP contribution >= 0.6 is 0 Å². The van der Waals surface area contributed by atoms with Crippen LogP contribution < -0.4 is 15.4 Å². The van der Waals surface area contributed by atoms with Crippen LogP contribution in [-0.4, -0.2) is 75.7 Å². The van der Waals surface area contributed by atoms with E-state index in [2.05, 4.69) is 30.3 Å². The van der Waals surface area contributed by atoms with Gasteiger partial charge in [-0.25, -0.2) is 9.71 Å². The van der Waals surface area contributed by atoms with Gasteiger partial charge in [0.05, 0.1) is 19.0 Å². The van der Waals surface area contributed by atoms with Crippen molar-refractivity contribution in [1.29, 1.82) is 0 Å². The highest BCUT2D eigenvalue weighted by Crippen LogP contribution is 2.34. The molecule has 1 aliphatic heterocycles. The number of aromatic nitrogens is 4. The van der Waals surface area contributed by atoms with Gasteiger partial charge in [-0.15, -0.1) is 0 Å². The van der Waals surface area contributed by atoms with Crippen LogP contribution in [0.25, 0.3) is 11.2 Å². The molecule has 1 saturated heterocycles. The maximum Gasteiger partial charge on any atom is 0.279 e. The molecule has 1 saturated carbocycles. The van der Waals surface area contributed by atoms with E-state index in [-0.39, 0.29) is 18.7 Å². The minimum atomic E-state index is -3.46. The largest absolute Gasteiger partial charge is 0.394 e. The summed E-state index contributed by atoms with van der Waals surface area (Å²) in [5.41, 5.74) is 1.36. The number of hydrogen-bond acceptors (Lipinski definition) is 8. The standard InChI is InChI=1S/C19H32N8O3S/c1-3-21-31(29,30)27-8-7-14(10-27)22-17-16-18(26(4-2)12-20-16)25-19(24-17)23-15(11-28)9-13-5-6-13/h12-15,21,28H,3-11H2,1-2H3,(H2,22,23,24,25)/t14-,15+/m0/s1. The van der Waals surface area contributed by atoms with Gasteiger partial charge >= 0.3 is 0 Å². The van der Waals surface area contributed by atoms with Gasteiger partial charge in [0, 0.05) is 32.2 Å². The molecular weight excluding hydrogens is 420 g/mol. The Balaban J connectivity index is 1.55. The summed E-state index contributed by atoms with van der Waals surface area (Å²) in [6.45, 7) is 5.70. The average Bonchev–Trinajstić information content (AvgIpc) is 3.25. The van der Waals surface area contributed by atoms with Gasteiger partial charge in [-0.1, -0.05) is 19.8 Å². The first-order valence-electron chi connectivity index (χ1n) is 11.0. The molecule has 2 aliphatic rings. The lowest BCUT2D eigenvalue weighted by atomic mass is 10.1. The Morgan fingerprint density at radius 2 is 2.06 bits per heavy atom. The monoisotopic (exact) mass is 452 g/mol. The molecule has 2 fully saturated rings. The molecule has 4 rings (SSSR count). The predicted molar refractivity (Wildman–Crippen MR) is 119 cm³/mol. The molecule has 3 heterocycles. The van der Waals surface area contributed by atoms with E-state index in [1.807, 2.05) is 11.5 Å². The molecular formula is C19H32N8O3S. The molecule has 0 unspecified atom stereocenters. The Hall–Kier alpha value is -2.02. The van der Waals surface area contributed by atoms with E-state index >= 15 is 0 Å². The normalized spacial score (nSPS) is 20.9. The van der Waals surface area contributed by atoms with E-state index in [0.717, 1.165) is 13.0 Å². The van der Waals surface area contributed by atoms with Crippen LogP contribution in [0.3, 0.4) is 0 Å². The number of imidazole rings is 1. The summed E-state index contributed by atoms with van der Waals surface area (Å²) in [5.74, 6) is 1.69. The lowest BCUT2D eigenvalue weighted by molar-refractivity contribution is 0.265. The number of aliphatic hydroxyl groups is 1. The number of anilines is 2. The van der Waals surface area contributed by atoms with Crippen LogP contribution in [0.2, 0.25) is 0 Å². The molecule has 11 nitrogen and oxygen atoms in total. The van der Waals surface area contributed by atoms with Crippen LogP contribution in [0.1, 0.15) is 39.5 Å². The molecule has 0 aromatic carbocycles. The van der Waals surface area contributed by atoms with E-state index in [9.17, 15) is 13.5 Å². The van der Waals surface area contributed by atoms with Crippen LogP contribution in [0, 0.1) is 5.92 Å². The Labute approximate surface area is 182 Å². The molecule has 2 aromatic heterocycles. The number of nitrogens with zero attached hydrogens (tertiary/aromatic N) is 5. The Bertz CT molecular complexity index is 1010. The summed E-state index contributed by atoms with van der Waals surface area (Å²) < 4.78 is 30.5. The quantitative estimate of drug-likeness (QED) is 0.392. The van der Waals surface area contributed by atoms with Crippen molar-refractivity contribution in [3.63, 3.8) is 0 Å². The zero-order valence-electron chi connectivity index (χ0n) is 18.1. The predicted octanol–water partition coefficient (Wildman–Crippen LogP) is 0.760. The smallest absolute Gasteiger partial charge is 0.279 e. The second-order valence-corrected chi connectivity index (χ2v) is 10.0. The number of aryl methyl sites for hydroxylation is 1. The van der Waals surface area contributed by atoms with Gasteiger partial charge in [-0.05, 0) is 25.7 Å². The second kappa shape index (κ2) is 9.23. The van der Waals surface area contributed by atoms with Crippen molar-refractivity contribution in [2.24, 2.45) is 5.92 Å². The third-order valence-corrected chi connectivity index (χ3v) is 7.50. The first-order valence-corrected chi connectivity index (χ1v) is 12.5. The highest BCUT2D eigenvalue weighted by Gasteiger charge is 2.32. The molecule has 0 radical (unpaired) electrons. The van der Waals surface area contributed by atoms with E-state index in [1.165, 1.54) is 17.1 Å². The number of aliphatic hydroxyl groups excluding tert-OH is 1. The van der Waals surface area contributed by atoms with Crippen LogP contribution in [-0.2, 0) is 16.8 Å². The number of hydrogen-bond donors (Lipinski definition) is 4. The lowest BCUT2D eigenvalue weighted by Gasteiger charge is -2.19. The summed E-state index contributed by atoms with van der Waals surface area (Å²) in [4.78, 5) is 13.8. The van der Waals surface area contributed by atoms with Crippen molar-refractivity contribution in [3.8, 4) is 0 Å². The molecule has 0 bridgehead atoms. The van der Waals surface area contributed by atoms with Crippen LogP contribution in [0.15, 0.2) is 6.33 Å². The number of fused-ring (bicyclic) bond motifs is 1. The third-order valence-electron chi connectivity index (χ3n) is 5.83. The average molecular weight is 453 g/mol. The fourth-order valence-electron chi connectivity index (χ4n) is 3.99. The highest BCUT2D eigenvalue weighted by atomic mass is 32.2. The molecule has 2 atom stereocenters. The van der Waals surface area contributed by atoms with E-state index < -0.39 is 10.2 Å². The van der Waals surface area contributed by atoms with Crippen molar-refractivity contribution < 1.29 is 13.5 Å². The lowest BCUT2D eigenvalue weighted by Crippen LogP contribution is -2.40.